The lowest BCUT2D eigenvalue weighted by Crippen LogP contribution is -2.64. The first-order valence-electron chi connectivity index (χ1n) is 8.11. The highest BCUT2D eigenvalue weighted by Gasteiger charge is 2.55. The van der Waals surface area contributed by atoms with Gasteiger partial charge in [0.1, 0.15) is 0 Å². The monoisotopic (exact) mass is 251 g/mol. The van der Waals surface area contributed by atoms with Crippen molar-refractivity contribution in [1.82, 2.24) is 5.32 Å². The smallest absolute Gasteiger partial charge is 0.0661 e. The summed E-state index contributed by atoms with van der Waals surface area (Å²) in [6, 6.07) is 0.752. The van der Waals surface area contributed by atoms with Gasteiger partial charge in [-0.2, -0.15) is 0 Å². The highest BCUT2D eigenvalue weighted by Crippen LogP contribution is 2.53. The van der Waals surface area contributed by atoms with E-state index in [1.54, 1.807) is 0 Å². The van der Waals surface area contributed by atoms with Crippen molar-refractivity contribution >= 4 is 0 Å². The molecule has 3 rings (SSSR count). The van der Waals surface area contributed by atoms with Crippen LogP contribution in [-0.4, -0.2) is 25.3 Å². The van der Waals surface area contributed by atoms with E-state index in [-0.39, 0.29) is 0 Å². The second-order valence-electron chi connectivity index (χ2n) is 6.91. The second-order valence-corrected chi connectivity index (χ2v) is 6.91. The van der Waals surface area contributed by atoms with E-state index in [1.165, 1.54) is 51.5 Å². The molecule has 18 heavy (non-hydrogen) atoms. The molecule has 0 bridgehead atoms. The zero-order chi connectivity index (χ0) is 12.6. The predicted molar refractivity (Wildman–Crippen MR) is 74.6 cm³/mol. The molecule has 4 atom stereocenters. The summed E-state index contributed by atoms with van der Waals surface area (Å²) in [4.78, 5) is 0. The van der Waals surface area contributed by atoms with Gasteiger partial charge in [-0.05, 0) is 51.0 Å². The minimum Gasteiger partial charge on any atom is -0.378 e. The van der Waals surface area contributed by atoms with Crippen molar-refractivity contribution in [1.29, 1.82) is 0 Å². The molecule has 1 N–H and O–H groups in total. The fourth-order valence-electron chi connectivity index (χ4n) is 4.33. The van der Waals surface area contributed by atoms with Crippen LogP contribution in [0.1, 0.15) is 58.8 Å². The predicted octanol–water partition coefficient (Wildman–Crippen LogP) is 3.36. The summed E-state index contributed by atoms with van der Waals surface area (Å²) >= 11 is 0. The fourth-order valence-corrected chi connectivity index (χ4v) is 4.33. The van der Waals surface area contributed by atoms with E-state index < -0.39 is 0 Å². The Kier molecular flexibility index (Phi) is 3.68. The van der Waals surface area contributed by atoms with E-state index >= 15 is 0 Å². The molecule has 4 unspecified atom stereocenters. The highest BCUT2D eigenvalue weighted by molar-refractivity contribution is 5.09. The maximum atomic E-state index is 6.00. The van der Waals surface area contributed by atoms with E-state index in [2.05, 4.69) is 19.2 Å². The SMILES string of the molecule is CCOC1CC(NCC2CC2C)C12CCCCC2. The lowest BCUT2D eigenvalue weighted by Gasteiger charge is -2.58. The van der Waals surface area contributed by atoms with Crippen LogP contribution in [0.25, 0.3) is 0 Å². The van der Waals surface area contributed by atoms with Gasteiger partial charge in [-0.15, -0.1) is 0 Å². The molecule has 0 amide bonds. The van der Waals surface area contributed by atoms with Crippen LogP contribution < -0.4 is 5.32 Å². The van der Waals surface area contributed by atoms with E-state index in [0.29, 0.717) is 11.5 Å². The van der Waals surface area contributed by atoms with Crippen LogP contribution >= 0.6 is 0 Å². The van der Waals surface area contributed by atoms with Crippen LogP contribution in [0.4, 0.5) is 0 Å². The van der Waals surface area contributed by atoms with Gasteiger partial charge in [0, 0.05) is 18.1 Å². The minimum absolute atomic E-state index is 0.506. The van der Waals surface area contributed by atoms with E-state index in [1.807, 2.05) is 0 Å². The number of hydrogen-bond acceptors (Lipinski definition) is 2. The summed E-state index contributed by atoms with van der Waals surface area (Å²) in [7, 11) is 0. The molecule has 0 radical (unpaired) electrons. The van der Waals surface area contributed by atoms with Crippen LogP contribution in [0.2, 0.25) is 0 Å². The molecule has 3 aliphatic rings. The Morgan fingerprint density at radius 3 is 2.50 bits per heavy atom. The summed E-state index contributed by atoms with van der Waals surface area (Å²) in [6.07, 6.45) is 10.3. The van der Waals surface area contributed by atoms with Crippen LogP contribution in [0.5, 0.6) is 0 Å². The molecule has 2 heteroatoms. The molecule has 0 heterocycles. The topological polar surface area (TPSA) is 21.3 Å². The molecular weight excluding hydrogens is 222 g/mol. The third kappa shape index (κ3) is 2.22. The van der Waals surface area contributed by atoms with Crippen LogP contribution in [-0.2, 0) is 4.74 Å². The van der Waals surface area contributed by atoms with E-state index in [0.717, 1.165) is 24.5 Å². The molecule has 0 aliphatic heterocycles. The molecule has 0 saturated heterocycles. The first-order chi connectivity index (χ1) is 8.76. The van der Waals surface area contributed by atoms with Crippen molar-refractivity contribution in [3.05, 3.63) is 0 Å². The standard InChI is InChI=1S/C16H29NO/c1-3-18-15-10-14(17-11-13-9-12(13)2)16(15)7-5-4-6-8-16/h12-15,17H,3-11H2,1-2H3. The Morgan fingerprint density at radius 2 is 1.89 bits per heavy atom. The molecule has 104 valence electrons. The van der Waals surface area contributed by atoms with Gasteiger partial charge in [0.15, 0.2) is 0 Å². The third-order valence-corrected chi connectivity index (χ3v) is 5.84. The van der Waals surface area contributed by atoms with Gasteiger partial charge in [-0.25, -0.2) is 0 Å². The van der Waals surface area contributed by atoms with Crippen molar-refractivity contribution < 1.29 is 4.74 Å². The first kappa shape index (κ1) is 12.9. The molecule has 0 aromatic heterocycles. The van der Waals surface area contributed by atoms with Crippen molar-refractivity contribution in [3.63, 3.8) is 0 Å². The Bertz CT molecular complexity index is 285. The van der Waals surface area contributed by atoms with E-state index in [4.69, 9.17) is 4.74 Å². The normalized spacial score (nSPS) is 41.7. The van der Waals surface area contributed by atoms with Gasteiger partial charge < -0.3 is 10.1 Å². The van der Waals surface area contributed by atoms with Crippen LogP contribution in [0.15, 0.2) is 0 Å². The quantitative estimate of drug-likeness (QED) is 0.809. The third-order valence-electron chi connectivity index (χ3n) is 5.84. The maximum Gasteiger partial charge on any atom is 0.0661 e. The number of ether oxygens (including phenoxy) is 1. The Balaban J connectivity index is 1.56. The first-order valence-corrected chi connectivity index (χ1v) is 8.11. The zero-order valence-corrected chi connectivity index (χ0v) is 12.1. The molecule has 3 saturated carbocycles. The van der Waals surface area contributed by atoms with Crippen LogP contribution in [0.3, 0.4) is 0 Å². The summed E-state index contributed by atoms with van der Waals surface area (Å²) < 4.78 is 6.00. The minimum atomic E-state index is 0.506. The summed E-state index contributed by atoms with van der Waals surface area (Å²) in [5.41, 5.74) is 0.506. The highest BCUT2D eigenvalue weighted by atomic mass is 16.5. The van der Waals surface area contributed by atoms with Crippen molar-refractivity contribution in [2.45, 2.75) is 70.9 Å². The van der Waals surface area contributed by atoms with Crippen LogP contribution in [0, 0.1) is 17.3 Å². The van der Waals surface area contributed by atoms with Gasteiger partial charge in [0.2, 0.25) is 0 Å². The number of rotatable bonds is 5. The van der Waals surface area contributed by atoms with Crippen molar-refractivity contribution in [2.24, 2.45) is 17.3 Å². The number of nitrogens with one attached hydrogen (secondary N) is 1. The van der Waals surface area contributed by atoms with Gasteiger partial charge in [-0.1, -0.05) is 26.2 Å². The average molecular weight is 251 g/mol. The van der Waals surface area contributed by atoms with Gasteiger partial charge in [0.05, 0.1) is 6.10 Å². The molecular formula is C16H29NO. The van der Waals surface area contributed by atoms with Gasteiger partial charge in [0.25, 0.3) is 0 Å². The van der Waals surface area contributed by atoms with Crippen molar-refractivity contribution in [2.75, 3.05) is 13.2 Å². The second kappa shape index (κ2) is 5.13. The fraction of sp³-hybridized carbons (Fsp3) is 1.00. The van der Waals surface area contributed by atoms with E-state index in [9.17, 15) is 0 Å². The van der Waals surface area contributed by atoms with Gasteiger partial charge in [-0.3, -0.25) is 0 Å². The number of hydrogen-bond donors (Lipinski definition) is 1. The largest absolute Gasteiger partial charge is 0.378 e. The lowest BCUT2D eigenvalue weighted by atomic mass is 9.55. The molecule has 1 spiro atoms. The molecule has 3 aliphatic carbocycles. The maximum absolute atomic E-state index is 6.00. The zero-order valence-electron chi connectivity index (χ0n) is 12.1. The Hall–Kier alpha value is -0.0800. The summed E-state index contributed by atoms with van der Waals surface area (Å²) in [5.74, 6) is 1.94. The van der Waals surface area contributed by atoms with Crippen molar-refractivity contribution in [3.8, 4) is 0 Å². The molecule has 2 nitrogen and oxygen atoms in total. The average Bonchev–Trinajstić information content (AvgIpc) is 3.10. The summed E-state index contributed by atoms with van der Waals surface area (Å²) in [5, 5.41) is 3.88. The Labute approximate surface area is 112 Å². The lowest BCUT2D eigenvalue weighted by molar-refractivity contribution is -0.150. The Morgan fingerprint density at radius 1 is 1.17 bits per heavy atom. The molecule has 3 fully saturated rings. The molecule has 0 aromatic carbocycles. The molecule has 0 aromatic rings. The summed E-state index contributed by atoms with van der Waals surface area (Å²) in [6.45, 7) is 6.67. The van der Waals surface area contributed by atoms with Gasteiger partial charge >= 0.3 is 0 Å².